The lowest BCUT2D eigenvalue weighted by molar-refractivity contribution is 0.104. The molecule has 27 heavy (non-hydrogen) atoms. The minimum absolute atomic E-state index is 0.000672. The van der Waals surface area contributed by atoms with Crippen LogP contribution in [-0.2, 0) is 16.3 Å². The Bertz CT molecular complexity index is 1090. The summed E-state index contributed by atoms with van der Waals surface area (Å²) >= 11 is 0. The summed E-state index contributed by atoms with van der Waals surface area (Å²) < 4.78 is 35.9. The number of halogens is 1. The van der Waals surface area contributed by atoms with E-state index in [1.165, 1.54) is 30.5 Å². The van der Waals surface area contributed by atoms with Crippen molar-refractivity contribution >= 4 is 21.4 Å². The van der Waals surface area contributed by atoms with E-state index in [-0.39, 0.29) is 22.9 Å². The molecule has 0 atom stereocenters. The van der Waals surface area contributed by atoms with E-state index in [4.69, 9.17) is 5.73 Å². The third kappa shape index (κ3) is 4.40. The van der Waals surface area contributed by atoms with Gasteiger partial charge in [0.05, 0.1) is 11.3 Å². The van der Waals surface area contributed by atoms with Gasteiger partial charge in [0.25, 0.3) is 0 Å². The highest BCUT2D eigenvalue weighted by atomic mass is 32.2. The average molecular weight is 387 g/mol. The maximum atomic E-state index is 13.2. The largest absolute Gasteiger partial charge is 0.383 e. The fourth-order valence-corrected chi connectivity index (χ4v) is 3.32. The van der Waals surface area contributed by atoms with Gasteiger partial charge in [0.1, 0.15) is 27.2 Å². The molecule has 3 aromatic rings. The maximum Gasteiger partial charge on any atom is 0.199 e. The summed E-state index contributed by atoms with van der Waals surface area (Å²) in [6.07, 6.45) is 1.48. The Hall–Kier alpha value is -3.00. The van der Waals surface area contributed by atoms with Crippen LogP contribution in [0.1, 0.15) is 21.5 Å². The van der Waals surface area contributed by atoms with E-state index in [2.05, 4.69) is 10.2 Å². The van der Waals surface area contributed by atoms with Crippen LogP contribution in [0.5, 0.6) is 0 Å². The van der Waals surface area contributed by atoms with Crippen molar-refractivity contribution in [3.8, 4) is 11.3 Å². The molecular weight excluding hydrogens is 369 g/mol. The summed E-state index contributed by atoms with van der Waals surface area (Å²) in [7, 11) is -3.10. The fourth-order valence-electron chi connectivity index (χ4n) is 2.72. The van der Waals surface area contributed by atoms with Crippen LogP contribution in [0.4, 0.5) is 10.2 Å². The van der Waals surface area contributed by atoms with Crippen LogP contribution < -0.4 is 5.73 Å². The zero-order valence-electron chi connectivity index (χ0n) is 14.6. The maximum absolute atomic E-state index is 13.2. The Morgan fingerprint density at radius 1 is 1.19 bits per heavy atom. The van der Waals surface area contributed by atoms with Crippen molar-refractivity contribution in [3.05, 3.63) is 71.0 Å². The van der Waals surface area contributed by atoms with E-state index >= 15 is 0 Å². The normalized spacial score (nSPS) is 11.5. The van der Waals surface area contributed by atoms with Gasteiger partial charge in [-0.1, -0.05) is 18.2 Å². The van der Waals surface area contributed by atoms with E-state index < -0.39 is 15.7 Å². The highest BCUT2D eigenvalue weighted by Crippen LogP contribution is 2.28. The molecule has 2 aromatic carbocycles. The molecule has 0 saturated heterocycles. The van der Waals surface area contributed by atoms with E-state index in [0.717, 1.165) is 5.56 Å². The van der Waals surface area contributed by atoms with Crippen molar-refractivity contribution in [3.63, 3.8) is 0 Å². The second-order valence-electron chi connectivity index (χ2n) is 6.28. The summed E-state index contributed by atoms with van der Waals surface area (Å²) in [5, 5.41) is 6.68. The quantitative estimate of drug-likeness (QED) is 0.633. The smallest absolute Gasteiger partial charge is 0.199 e. The molecule has 0 unspecified atom stereocenters. The number of nitrogens with two attached hydrogens (primary N) is 1. The first-order valence-corrected chi connectivity index (χ1v) is 10.2. The molecule has 8 heteroatoms. The lowest BCUT2D eigenvalue weighted by Crippen LogP contribution is -2.08. The molecular formula is C19H18FN3O3S. The van der Waals surface area contributed by atoms with Crippen molar-refractivity contribution in [1.82, 2.24) is 10.2 Å². The van der Waals surface area contributed by atoms with Gasteiger partial charge in [-0.25, -0.2) is 12.8 Å². The molecule has 140 valence electrons. The summed E-state index contributed by atoms with van der Waals surface area (Å²) in [5.74, 6) is -0.629. The summed E-state index contributed by atoms with van der Waals surface area (Å²) in [6.45, 7) is 0. The molecule has 1 aromatic heterocycles. The SMILES string of the molecule is CS(=O)(=O)CCc1cccc(C(=O)c2c(-c3ccc(F)cc3)n[nH]c2N)c1. The van der Waals surface area contributed by atoms with Gasteiger partial charge in [-0.3, -0.25) is 9.89 Å². The molecule has 6 nitrogen and oxygen atoms in total. The molecule has 0 radical (unpaired) electrons. The molecule has 1 heterocycles. The van der Waals surface area contributed by atoms with Gasteiger partial charge in [-0.2, -0.15) is 5.10 Å². The number of anilines is 1. The van der Waals surface area contributed by atoms with Gasteiger partial charge in [0.15, 0.2) is 5.78 Å². The first-order chi connectivity index (χ1) is 12.7. The fraction of sp³-hybridized carbons (Fsp3) is 0.158. The summed E-state index contributed by atoms with van der Waals surface area (Å²) in [5.41, 5.74) is 8.10. The Morgan fingerprint density at radius 3 is 2.56 bits per heavy atom. The minimum atomic E-state index is -3.10. The molecule has 0 aliphatic rings. The number of sulfone groups is 1. The first kappa shape index (κ1) is 18.8. The second-order valence-corrected chi connectivity index (χ2v) is 8.54. The lowest BCUT2D eigenvalue weighted by atomic mass is 9.98. The third-order valence-corrected chi connectivity index (χ3v) is 5.04. The number of benzene rings is 2. The van der Waals surface area contributed by atoms with Crippen LogP contribution in [0.15, 0.2) is 48.5 Å². The van der Waals surface area contributed by atoms with Crippen LogP contribution >= 0.6 is 0 Å². The number of aromatic amines is 1. The van der Waals surface area contributed by atoms with Crippen LogP contribution in [0.25, 0.3) is 11.3 Å². The molecule has 3 rings (SSSR count). The average Bonchev–Trinajstić information content (AvgIpc) is 3.01. The van der Waals surface area contributed by atoms with Crippen LogP contribution in [0.2, 0.25) is 0 Å². The van der Waals surface area contributed by atoms with Crippen molar-refractivity contribution < 1.29 is 17.6 Å². The predicted molar refractivity (Wildman–Crippen MR) is 102 cm³/mol. The molecule has 0 aliphatic carbocycles. The third-order valence-electron chi connectivity index (χ3n) is 4.09. The standard InChI is InChI=1S/C19H18FN3O3S/c1-27(25,26)10-9-12-3-2-4-14(11-12)18(24)16-17(22-23-19(16)21)13-5-7-15(20)8-6-13/h2-8,11H,9-10H2,1H3,(H3,21,22,23). The van der Waals surface area contributed by atoms with Crippen LogP contribution in [0, 0.1) is 5.82 Å². The first-order valence-electron chi connectivity index (χ1n) is 8.16. The van der Waals surface area contributed by atoms with Gasteiger partial charge in [0.2, 0.25) is 0 Å². The molecule has 0 saturated carbocycles. The van der Waals surface area contributed by atoms with E-state index in [9.17, 15) is 17.6 Å². The number of rotatable bonds is 6. The number of carbonyl (C=O) groups excluding carboxylic acids is 1. The van der Waals surface area contributed by atoms with Gasteiger partial charge in [-0.15, -0.1) is 0 Å². The zero-order valence-corrected chi connectivity index (χ0v) is 15.4. The molecule has 0 spiro atoms. The monoisotopic (exact) mass is 387 g/mol. The van der Waals surface area contributed by atoms with E-state index in [1.54, 1.807) is 24.3 Å². The summed E-state index contributed by atoms with van der Waals surface area (Å²) in [4.78, 5) is 13.0. The topological polar surface area (TPSA) is 106 Å². The number of H-pyrrole nitrogens is 1. The molecule has 0 aliphatic heterocycles. The number of carbonyl (C=O) groups is 1. The number of hydrogen-bond donors (Lipinski definition) is 2. The second kappa shape index (κ2) is 7.32. The number of hydrogen-bond acceptors (Lipinski definition) is 5. The Labute approximate surface area is 156 Å². The van der Waals surface area contributed by atoms with E-state index in [1.807, 2.05) is 0 Å². The number of nitrogen functional groups attached to an aromatic ring is 1. The van der Waals surface area contributed by atoms with Crippen molar-refractivity contribution in [2.75, 3.05) is 17.7 Å². The number of nitrogens with one attached hydrogen (secondary N) is 1. The minimum Gasteiger partial charge on any atom is -0.383 e. The van der Waals surface area contributed by atoms with Crippen LogP contribution in [-0.4, -0.2) is 36.4 Å². The van der Waals surface area contributed by atoms with Gasteiger partial charge < -0.3 is 5.73 Å². The van der Waals surface area contributed by atoms with Crippen molar-refractivity contribution in [2.24, 2.45) is 0 Å². The number of aryl methyl sites for hydroxylation is 1. The number of nitrogens with zero attached hydrogens (tertiary/aromatic N) is 1. The number of aromatic nitrogens is 2. The molecule has 0 amide bonds. The molecule has 0 fully saturated rings. The van der Waals surface area contributed by atoms with Gasteiger partial charge in [-0.05, 0) is 42.3 Å². The Morgan fingerprint density at radius 2 is 1.89 bits per heavy atom. The highest BCUT2D eigenvalue weighted by Gasteiger charge is 2.22. The van der Waals surface area contributed by atoms with Gasteiger partial charge >= 0.3 is 0 Å². The number of ketones is 1. The van der Waals surface area contributed by atoms with Gasteiger partial charge in [0, 0.05) is 17.4 Å². The van der Waals surface area contributed by atoms with E-state index in [0.29, 0.717) is 23.2 Å². The molecule has 3 N–H and O–H groups in total. The molecule has 0 bridgehead atoms. The highest BCUT2D eigenvalue weighted by molar-refractivity contribution is 7.90. The van der Waals surface area contributed by atoms with Crippen molar-refractivity contribution in [1.29, 1.82) is 0 Å². The van der Waals surface area contributed by atoms with Crippen molar-refractivity contribution in [2.45, 2.75) is 6.42 Å². The summed E-state index contributed by atoms with van der Waals surface area (Å²) in [6, 6.07) is 12.3. The Balaban J connectivity index is 1.95. The predicted octanol–water partition coefficient (Wildman–Crippen LogP) is 2.62. The Kier molecular flexibility index (Phi) is 5.09. The lowest BCUT2D eigenvalue weighted by Gasteiger charge is -2.06. The zero-order chi connectivity index (χ0) is 19.6. The van der Waals surface area contributed by atoms with Crippen LogP contribution in [0.3, 0.4) is 0 Å².